The minimum absolute atomic E-state index is 0.137. The summed E-state index contributed by atoms with van der Waals surface area (Å²) >= 11 is 4.72. The minimum atomic E-state index is -0.747. The molecule has 2 heterocycles. The zero-order valence-electron chi connectivity index (χ0n) is 10.9. The topological polar surface area (TPSA) is 62.5 Å². The van der Waals surface area contributed by atoms with Crippen molar-refractivity contribution in [2.45, 2.75) is 6.10 Å². The monoisotopic (exact) mass is 365 g/mol. The van der Waals surface area contributed by atoms with Crippen LogP contribution in [0.1, 0.15) is 22.2 Å². The molecule has 21 heavy (non-hydrogen) atoms. The number of hydrogen-bond donors (Lipinski definition) is 2. The van der Waals surface area contributed by atoms with Gasteiger partial charge in [-0.2, -0.15) is 0 Å². The first-order valence-electron chi connectivity index (χ1n) is 6.33. The fourth-order valence-corrected chi connectivity index (χ4v) is 3.39. The molecule has 6 heteroatoms. The van der Waals surface area contributed by atoms with Gasteiger partial charge >= 0.3 is 0 Å². The molecule has 1 aromatic carbocycles. The number of aliphatic hydroxyl groups excluding tert-OH is 1. The van der Waals surface area contributed by atoms with Gasteiger partial charge in [-0.3, -0.25) is 4.79 Å². The molecule has 1 atom stereocenters. The van der Waals surface area contributed by atoms with Crippen molar-refractivity contribution in [3.63, 3.8) is 0 Å². The van der Waals surface area contributed by atoms with E-state index in [9.17, 15) is 9.90 Å². The van der Waals surface area contributed by atoms with Crippen LogP contribution in [0.25, 0.3) is 10.1 Å². The number of hydrogen-bond acceptors (Lipinski definition) is 4. The number of carbonyl (C=O) groups excluding carboxylic acids is 1. The fraction of sp³-hybridized carbons (Fsp3) is 0.133. The molecular formula is C15H12BrNO3S. The SMILES string of the molecule is O=C(NCC(O)c1csc2ccccc12)c1ccc(Br)o1. The van der Waals surface area contributed by atoms with Crippen molar-refractivity contribution in [3.8, 4) is 0 Å². The number of amides is 1. The summed E-state index contributed by atoms with van der Waals surface area (Å²) in [6, 6.07) is 11.1. The van der Waals surface area contributed by atoms with Crippen LogP contribution in [0.3, 0.4) is 0 Å². The quantitative estimate of drug-likeness (QED) is 0.740. The zero-order valence-corrected chi connectivity index (χ0v) is 13.3. The molecule has 2 aromatic heterocycles. The van der Waals surface area contributed by atoms with E-state index in [1.165, 1.54) is 0 Å². The summed E-state index contributed by atoms with van der Waals surface area (Å²) < 4.78 is 6.78. The van der Waals surface area contributed by atoms with Gasteiger partial charge in [0.1, 0.15) is 0 Å². The molecule has 3 aromatic rings. The van der Waals surface area contributed by atoms with E-state index in [0.717, 1.165) is 15.6 Å². The average Bonchev–Trinajstić information content (AvgIpc) is 3.10. The maximum atomic E-state index is 11.9. The largest absolute Gasteiger partial charge is 0.444 e. The third-order valence-electron chi connectivity index (χ3n) is 3.12. The first-order valence-corrected chi connectivity index (χ1v) is 8.00. The van der Waals surface area contributed by atoms with Crippen LogP contribution in [0.4, 0.5) is 0 Å². The van der Waals surface area contributed by atoms with E-state index in [2.05, 4.69) is 21.2 Å². The lowest BCUT2D eigenvalue weighted by Gasteiger charge is -2.10. The van der Waals surface area contributed by atoms with E-state index >= 15 is 0 Å². The maximum Gasteiger partial charge on any atom is 0.287 e. The van der Waals surface area contributed by atoms with E-state index in [0.29, 0.717) is 4.67 Å². The van der Waals surface area contributed by atoms with Crippen molar-refractivity contribution < 1.29 is 14.3 Å². The van der Waals surface area contributed by atoms with Crippen molar-refractivity contribution in [2.24, 2.45) is 0 Å². The summed E-state index contributed by atoms with van der Waals surface area (Å²) in [4.78, 5) is 11.9. The normalized spacial score (nSPS) is 12.5. The molecule has 0 saturated heterocycles. The Kier molecular flexibility index (Phi) is 4.10. The van der Waals surface area contributed by atoms with Crippen molar-refractivity contribution in [2.75, 3.05) is 6.54 Å². The number of benzene rings is 1. The van der Waals surface area contributed by atoms with Crippen LogP contribution in [0.5, 0.6) is 0 Å². The number of furan rings is 1. The molecule has 0 radical (unpaired) electrons. The Bertz CT molecular complexity index is 780. The number of halogens is 1. The summed E-state index contributed by atoms with van der Waals surface area (Å²) in [6.07, 6.45) is -0.747. The van der Waals surface area contributed by atoms with Gasteiger partial charge in [0, 0.05) is 16.8 Å². The number of fused-ring (bicyclic) bond motifs is 1. The van der Waals surface area contributed by atoms with Crippen LogP contribution in [0.2, 0.25) is 0 Å². The van der Waals surface area contributed by atoms with Gasteiger partial charge in [0.15, 0.2) is 10.4 Å². The Labute approximate surface area is 133 Å². The molecule has 0 saturated carbocycles. The highest BCUT2D eigenvalue weighted by Gasteiger charge is 2.16. The molecule has 0 aliphatic rings. The second-order valence-electron chi connectivity index (χ2n) is 4.52. The van der Waals surface area contributed by atoms with E-state index in [1.54, 1.807) is 23.5 Å². The van der Waals surface area contributed by atoms with E-state index in [-0.39, 0.29) is 18.2 Å². The Morgan fingerprint density at radius 3 is 2.90 bits per heavy atom. The highest BCUT2D eigenvalue weighted by Crippen LogP contribution is 2.29. The van der Waals surface area contributed by atoms with E-state index < -0.39 is 6.10 Å². The molecule has 108 valence electrons. The summed E-state index contributed by atoms with van der Waals surface area (Å²) in [5, 5.41) is 15.9. The van der Waals surface area contributed by atoms with Crippen molar-refractivity contribution in [1.82, 2.24) is 5.32 Å². The Hall–Kier alpha value is -1.63. The summed E-state index contributed by atoms with van der Waals surface area (Å²) in [7, 11) is 0. The smallest absolute Gasteiger partial charge is 0.287 e. The van der Waals surface area contributed by atoms with E-state index in [1.807, 2.05) is 29.6 Å². The predicted molar refractivity (Wildman–Crippen MR) is 85.5 cm³/mol. The Balaban J connectivity index is 1.69. The molecule has 0 bridgehead atoms. The minimum Gasteiger partial charge on any atom is -0.444 e. The van der Waals surface area contributed by atoms with Gasteiger partial charge in [-0.25, -0.2) is 0 Å². The number of rotatable bonds is 4. The lowest BCUT2D eigenvalue weighted by Crippen LogP contribution is -2.27. The van der Waals surface area contributed by atoms with Crippen molar-refractivity contribution in [3.05, 3.63) is 57.8 Å². The van der Waals surface area contributed by atoms with Gasteiger partial charge < -0.3 is 14.8 Å². The standard InChI is InChI=1S/C15H12BrNO3S/c16-14-6-5-12(20-14)15(19)17-7-11(18)10-8-21-13-4-2-1-3-9(10)13/h1-6,8,11,18H,7H2,(H,17,19). The van der Waals surface area contributed by atoms with Gasteiger partial charge in [-0.05, 0) is 44.9 Å². The number of thiophene rings is 1. The molecule has 0 spiro atoms. The Morgan fingerprint density at radius 2 is 2.14 bits per heavy atom. The van der Waals surface area contributed by atoms with E-state index in [4.69, 9.17) is 4.42 Å². The van der Waals surface area contributed by atoms with Gasteiger partial charge in [0.25, 0.3) is 5.91 Å². The third kappa shape index (κ3) is 3.02. The van der Waals surface area contributed by atoms with Gasteiger partial charge in [-0.15, -0.1) is 11.3 Å². The van der Waals surface area contributed by atoms with Gasteiger partial charge in [-0.1, -0.05) is 18.2 Å². The summed E-state index contributed by atoms with van der Waals surface area (Å²) in [6.45, 7) is 0.137. The molecule has 1 amide bonds. The lowest BCUT2D eigenvalue weighted by atomic mass is 10.1. The number of carbonyl (C=O) groups is 1. The molecule has 1 unspecified atom stereocenters. The lowest BCUT2D eigenvalue weighted by molar-refractivity contribution is 0.0888. The van der Waals surface area contributed by atoms with Crippen LogP contribution in [-0.2, 0) is 0 Å². The van der Waals surface area contributed by atoms with Crippen molar-refractivity contribution >= 4 is 43.3 Å². The highest BCUT2D eigenvalue weighted by atomic mass is 79.9. The molecule has 2 N–H and O–H groups in total. The third-order valence-corrected chi connectivity index (χ3v) is 4.53. The first kappa shape index (κ1) is 14.3. The van der Waals surface area contributed by atoms with Crippen LogP contribution in [0.15, 0.2) is 50.9 Å². The number of aliphatic hydroxyl groups is 1. The first-order chi connectivity index (χ1) is 10.1. The fourth-order valence-electron chi connectivity index (χ4n) is 2.08. The van der Waals surface area contributed by atoms with Crippen LogP contribution < -0.4 is 5.32 Å². The summed E-state index contributed by atoms with van der Waals surface area (Å²) in [5.74, 6) is -0.136. The predicted octanol–water partition coefficient (Wildman–Crippen LogP) is 3.72. The number of nitrogens with one attached hydrogen (secondary N) is 1. The zero-order chi connectivity index (χ0) is 14.8. The van der Waals surface area contributed by atoms with Crippen molar-refractivity contribution in [1.29, 1.82) is 0 Å². The van der Waals surface area contributed by atoms with Gasteiger partial charge in [0.05, 0.1) is 6.10 Å². The molecule has 0 fully saturated rings. The molecular weight excluding hydrogens is 354 g/mol. The maximum absolute atomic E-state index is 11.9. The molecule has 3 rings (SSSR count). The van der Waals surface area contributed by atoms with Crippen LogP contribution in [0, 0.1) is 0 Å². The van der Waals surface area contributed by atoms with Gasteiger partial charge in [0.2, 0.25) is 0 Å². The average molecular weight is 366 g/mol. The molecule has 0 aliphatic heterocycles. The second kappa shape index (κ2) is 6.01. The highest BCUT2D eigenvalue weighted by molar-refractivity contribution is 9.10. The molecule has 4 nitrogen and oxygen atoms in total. The Morgan fingerprint density at radius 1 is 1.33 bits per heavy atom. The second-order valence-corrected chi connectivity index (χ2v) is 6.21. The molecule has 0 aliphatic carbocycles. The van der Waals surface area contributed by atoms with Crippen LogP contribution in [-0.4, -0.2) is 17.6 Å². The summed E-state index contributed by atoms with van der Waals surface area (Å²) in [5.41, 5.74) is 0.830. The van der Waals surface area contributed by atoms with Crippen LogP contribution >= 0.6 is 27.3 Å².